The molecule has 0 saturated heterocycles. The van der Waals surface area contributed by atoms with E-state index in [-0.39, 0.29) is 10.8 Å². The molecule has 0 aliphatic carbocycles. The number of aryl methyl sites for hydroxylation is 2. The minimum Gasteiger partial charge on any atom is -0.357 e. The van der Waals surface area contributed by atoms with E-state index >= 15 is 0 Å². The zero-order chi connectivity index (χ0) is 19.2. The first-order valence-electron chi connectivity index (χ1n) is 8.98. The van der Waals surface area contributed by atoms with E-state index < -0.39 is 10.8 Å². The van der Waals surface area contributed by atoms with Crippen LogP contribution in [0.3, 0.4) is 0 Å². The van der Waals surface area contributed by atoms with E-state index in [2.05, 4.69) is 41.5 Å². The second kappa shape index (κ2) is 9.36. The third-order valence-corrected chi connectivity index (χ3v) is 6.05. The second-order valence-corrected chi connectivity index (χ2v) is 9.77. The van der Waals surface area contributed by atoms with Crippen LogP contribution >= 0.6 is 0 Å². The molecule has 0 fully saturated rings. The lowest BCUT2D eigenvalue weighted by Crippen LogP contribution is -2.43. The molecule has 0 aliphatic heterocycles. The van der Waals surface area contributed by atoms with E-state index in [4.69, 9.17) is 0 Å². The van der Waals surface area contributed by atoms with Gasteiger partial charge in [0.2, 0.25) is 0 Å². The molecule has 6 nitrogen and oxygen atoms in total. The number of rotatable bonds is 7. The molecule has 0 radical (unpaired) electrons. The fourth-order valence-electron chi connectivity index (χ4n) is 2.57. The van der Waals surface area contributed by atoms with Gasteiger partial charge in [-0.15, -0.1) is 0 Å². The Kier molecular flexibility index (Phi) is 8.12. The van der Waals surface area contributed by atoms with Crippen molar-refractivity contribution >= 4 is 16.8 Å². The summed E-state index contributed by atoms with van der Waals surface area (Å²) in [5, 5.41) is 11.2. The van der Waals surface area contributed by atoms with Crippen molar-refractivity contribution in [1.29, 1.82) is 0 Å². The maximum absolute atomic E-state index is 12.1. The van der Waals surface area contributed by atoms with Crippen LogP contribution in [0.25, 0.3) is 0 Å². The lowest BCUT2D eigenvalue weighted by Gasteiger charge is -2.19. The summed E-state index contributed by atoms with van der Waals surface area (Å²) in [5.41, 5.74) is 3.57. The van der Waals surface area contributed by atoms with Crippen LogP contribution in [-0.2, 0) is 24.3 Å². The van der Waals surface area contributed by atoms with Gasteiger partial charge >= 0.3 is 0 Å². The maximum atomic E-state index is 12.1. The number of nitrogens with zero attached hydrogens (tertiary/aromatic N) is 3. The van der Waals surface area contributed by atoms with Crippen LogP contribution in [0.2, 0.25) is 0 Å². The molecule has 0 saturated carbocycles. The fraction of sp³-hybridized carbons (Fsp3) is 0.778. The van der Waals surface area contributed by atoms with Gasteiger partial charge in [0.15, 0.2) is 5.96 Å². The van der Waals surface area contributed by atoms with Crippen molar-refractivity contribution in [2.75, 3.05) is 18.8 Å². The average molecular weight is 370 g/mol. The number of aromatic nitrogens is 2. The van der Waals surface area contributed by atoms with Crippen molar-refractivity contribution in [2.24, 2.45) is 12.0 Å². The van der Waals surface area contributed by atoms with Gasteiger partial charge in [-0.05, 0) is 60.5 Å². The highest BCUT2D eigenvalue weighted by Crippen LogP contribution is 2.14. The number of aliphatic imine (C=N–C) groups is 1. The highest BCUT2D eigenvalue weighted by atomic mass is 32.2. The van der Waals surface area contributed by atoms with Crippen LogP contribution in [0.15, 0.2) is 4.99 Å². The lowest BCUT2D eigenvalue weighted by atomic mass is 10.1. The molecule has 1 heterocycles. The van der Waals surface area contributed by atoms with Gasteiger partial charge in [0, 0.05) is 46.6 Å². The van der Waals surface area contributed by atoms with Crippen LogP contribution in [0.5, 0.6) is 0 Å². The Bertz CT molecular complexity index is 616. The average Bonchev–Trinajstić information content (AvgIpc) is 2.72. The summed E-state index contributed by atoms with van der Waals surface area (Å²) in [6.07, 6.45) is 0.893. The molecule has 1 aromatic heterocycles. The van der Waals surface area contributed by atoms with Gasteiger partial charge in [-0.2, -0.15) is 5.10 Å². The van der Waals surface area contributed by atoms with Crippen molar-refractivity contribution in [3.8, 4) is 0 Å². The van der Waals surface area contributed by atoms with Crippen LogP contribution in [0, 0.1) is 13.8 Å². The third kappa shape index (κ3) is 6.80. The Hall–Kier alpha value is -1.37. The molecule has 7 heteroatoms. The van der Waals surface area contributed by atoms with Gasteiger partial charge in [0.1, 0.15) is 0 Å². The Balaban J connectivity index is 2.67. The molecule has 0 aliphatic rings. The Morgan fingerprint density at radius 2 is 2.00 bits per heavy atom. The van der Waals surface area contributed by atoms with E-state index in [9.17, 15) is 4.21 Å². The topological polar surface area (TPSA) is 71.3 Å². The van der Waals surface area contributed by atoms with Crippen LogP contribution in [-0.4, -0.2) is 49.6 Å². The highest BCUT2D eigenvalue weighted by Gasteiger charge is 2.19. The zero-order valence-electron chi connectivity index (χ0n) is 17.1. The van der Waals surface area contributed by atoms with Crippen molar-refractivity contribution in [3.63, 3.8) is 0 Å². The lowest BCUT2D eigenvalue weighted by molar-refractivity contribution is 0.635. The van der Waals surface area contributed by atoms with Gasteiger partial charge in [-0.1, -0.05) is 0 Å². The van der Waals surface area contributed by atoms with E-state index in [1.54, 1.807) is 0 Å². The van der Waals surface area contributed by atoms with Crippen molar-refractivity contribution in [3.05, 3.63) is 17.0 Å². The summed E-state index contributed by atoms with van der Waals surface area (Å²) in [6.45, 7) is 15.7. The summed E-state index contributed by atoms with van der Waals surface area (Å²) in [5.74, 6) is 1.36. The van der Waals surface area contributed by atoms with Gasteiger partial charge < -0.3 is 10.6 Å². The molecule has 2 unspecified atom stereocenters. The SMILES string of the molecule is CCNC(=NCCS(=O)C(C)(C)C)NC(C)Cc1c(C)nn(C)c1C. The van der Waals surface area contributed by atoms with Crippen molar-refractivity contribution in [1.82, 2.24) is 20.4 Å². The van der Waals surface area contributed by atoms with E-state index in [1.807, 2.05) is 39.4 Å². The second-order valence-electron chi connectivity index (χ2n) is 7.45. The number of guanidine groups is 1. The summed E-state index contributed by atoms with van der Waals surface area (Å²) < 4.78 is 13.9. The molecule has 2 atom stereocenters. The number of hydrogen-bond acceptors (Lipinski definition) is 3. The van der Waals surface area contributed by atoms with Crippen molar-refractivity contribution in [2.45, 2.75) is 65.7 Å². The first-order valence-corrected chi connectivity index (χ1v) is 10.3. The quantitative estimate of drug-likeness (QED) is 0.570. The van der Waals surface area contributed by atoms with Crippen molar-refractivity contribution < 1.29 is 4.21 Å². The van der Waals surface area contributed by atoms with Gasteiger partial charge in [-0.25, -0.2) is 0 Å². The van der Waals surface area contributed by atoms with E-state index in [1.165, 1.54) is 11.3 Å². The van der Waals surface area contributed by atoms with Crippen LogP contribution < -0.4 is 10.6 Å². The number of nitrogens with one attached hydrogen (secondary N) is 2. The highest BCUT2D eigenvalue weighted by molar-refractivity contribution is 7.86. The largest absolute Gasteiger partial charge is 0.357 e. The Morgan fingerprint density at radius 1 is 1.36 bits per heavy atom. The summed E-state index contributed by atoms with van der Waals surface area (Å²) in [4.78, 5) is 4.58. The molecular formula is C18H35N5OS. The molecule has 144 valence electrons. The predicted octanol–water partition coefficient (Wildman–Crippen LogP) is 2.07. The molecule has 0 amide bonds. The van der Waals surface area contributed by atoms with Gasteiger partial charge in [0.25, 0.3) is 0 Å². The first-order chi connectivity index (χ1) is 11.6. The Labute approximate surface area is 155 Å². The van der Waals surface area contributed by atoms with E-state index in [0.29, 0.717) is 12.3 Å². The van der Waals surface area contributed by atoms with E-state index in [0.717, 1.165) is 24.6 Å². The standard InChI is InChI=1S/C18H35N5OS/c1-9-19-17(20-10-11-25(24)18(5,6)7)21-13(2)12-16-14(3)22-23(8)15(16)4/h13H,9-12H2,1-8H3,(H2,19,20,21). The minimum atomic E-state index is -0.879. The first kappa shape index (κ1) is 21.7. The monoisotopic (exact) mass is 369 g/mol. The fourth-order valence-corrected chi connectivity index (χ4v) is 3.44. The molecule has 1 aromatic rings. The van der Waals surface area contributed by atoms with Crippen LogP contribution in [0.1, 0.15) is 51.6 Å². The summed E-state index contributed by atoms with van der Waals surface area (Å²) in [7, 11) is 1.10. The normalized spacial score (nSPS) is 15.1. The minimum absolute atomic E-state index is 0.191. The molecular weight excluding hydrogens is 334 g/mol. The van der Waals surface area contributed by atoms with Gasteiger partial charge in [-0.3, -0.25) is 13.9 Å². The molecule has 0 spiro atoms. The molecule has 0 aromatic carbocycles. The summed E-state index contributed by atoms with van der Waals surface area (Å²) in [6, 6.07) is 0.229. The molecule has 2 N–H and O–H groups in total. The summed E-state index contributed by atoms with van der Waals surface area (Å²) >= 11 is 0. The zero-order valence-corrected chi connectivity index (χ0v) is 17.9. The van der Waals surface area contributed by atoms with Crippen LogP contribution in [0.4, 0.5) is 0 Å². The number of hydrogen-bond donors (Lipinski definition) is 2. The van der Waals surface area contributed by atoms with Gasteiger partial charge in [0.05, 0.1) is 12.2 Å². The predicted molar refractivity (Wildman–Crippen MR) is 108 cm³/mol. The Morgan fingerprint density at radius 3 is 2.48 bits per heavy atom. The maximum Gasteiger partial charge on any atom is 0.191 e. The molecule has 25 heavy (non-hydrogen) atoms. The third-order valence-electron chi connectivity index (χ3n) is 4.13. The molecule has 1 rings (SSSR count). The molecule has 0 bridgehead atoms. The smallest absolute Gasteiger partial charge is 0.191 e.